The van der Waals surface area contributed by atoms with Crippen LogP contribution in [0.1, 0.15) is 12.0 Å². The minimum Gasteiger partial charge on any atom is -0.369 e. The Balaban J connectivity index is 0.00000208. The van der Waals surface area contributed by atoms with E-state index in [2.05, 4.69) is 56.0 Å². The van der Waals surface area contributed by atoms with Gasteiger partial charge in [0.1, 0.15) is 0 Å². The maximum Gasteiger partial charge on any atom is 0.191 e. The van der Waals surface area contributed by atoms with Crippen molar-refractivity contribution in [3.05, 3.63) is 48.3 Å². The normalized spacial score (nSPS) is 17.5. The van der Waals surface area contributed by atoms with Crippen molar-refractivity contribution in [2.45, 2.75) is 19.0 Å². The zero-order chi connectivity index (χ0) is 16.1. The molecule has 1 aliphatic heterocycles. The Morgan fingerprint density at radius 3 is 2.79 bits per heavy atom. The number of aryl methyl sites for hydroxylation is 1. The first-order valence-electron chi connectivity index (χ1n) is 7.99. The number of aliphatic imine (C=N–C) groups is 1. The van der Waals surface area contributed by atoms with Crippen molar-refractivity contribution in [1.29, 1.82) is 0 Å². The van der Waals surface area contributed by atoms with Crippen molar-refractivity contribution in [3.8, 4) is 0 Å². The van der Waals surface area contributed by atoms with Crippen LogP contribution < -0.4 is 15.5 Å². The number of aromatic nitrogens is 2. The molecule has 24 heavy (non-hydrogen) atoms. The molecule has 1 fully saturated rings. The SMILES string of the molecule is CN=C(NCc1cnn(C)c1)NC1CCN(c2ccccc2)C1.I. The molecule has 1 aromatic heterocycles. The van der Waals surface area contributed by atoms with Gasteiger partial charge in [0.25, 0.3) is 0 Å². The second-order valence-electron chi connectivity index (χ2n) is 5.86. The highest BCUT2D eigenvalue weighted by atomic mass is 127. The fourth-order valence-electron chi connectivity index (χ4n) is 2.89. The molecule has 1 atom stereocenters. The van der Waals surface area contributed by atoms with Crippen LogP contribution in [-0.4, -0.2) is 41.9 Å². The topological polar surface area (TPSA) is 57.5 Å². The zero-order valence-corrected chi connectivity index (χ0v) is 16.5. The molecule has 1 aromatic carbocycles. The van der Waals surface area contributed by atoms with Gasteiger partial charge in [-0.1, -0.05) is 18.2 Å². The molecule has 7 heteroatoms. The van der Waals surface area contributed by atoms with Crippen LogP contribution in [0.2, 0.25) is 0 Å². The molecule has 0 radical (unpaired) electrons. The van der Waals surface area contributed by atoms with Gasteiger partial charge in [-0.15, -0.1) is 24.0 Å². The molecule has 0 bridgehead atoms. The van der Waals surface area contributed by atoms with E-state index in [0.717, 1.165) is 37.6 Å². The van der Waals surface area contributed by atoms with Crippen LogP contribution in [0.15, 0.2) is 47.7 Å². The fourth-order valence-corrected chi connectivity index (χ4v) is 2.89. The number of nitrogens with zero attached hydrogens (tertiary/aromatic N) is 4. The molecule has 0 amide bonds. The van der Waals surface area contributed by atoms with E-state index in [4.69, 9.17) is 0 Å². The summed E-state index contributed by atoms with van der Waals surface area (Å²) in [6.07, 6.45) is 4.99. The van der Waals surface area contributed by atoms with Crippen molar-refractivity contribution in [3.63, 3.8) is 0 Å². The second kappa shape index (κ2) is 8.91. The van der Waals surface area contributed by atoms with Gasteiger partial charge < -0.3 is 15.5 Å². The van der Waals surface area contributed by atoms with Gasteiger partial charge in [0.15, 0.2) is 5.96 Å². The van der Waals surface area contributed by atoms with Crippen molar-refractivity contribution in [2.24, 2.45) is 12.0 Å². The Bertz CT molecular complexity index is 654. The largest absolute Gasteiger partial charge is 0.369 e. The summed E-state index contributed by atoms with van der Waals surface area (Å²) in [5, 5.41) is 11.0. The van der Waals surface area contributed by atoms with Crippen LogP contribution in [0.3, 0.4) is 0 Å². The van der Waals surface area contributed by atoms with Gasteiger partial charge in [-0.05, 0) is 18.6 Å². The van der Waals surface area contributed by atoms with Crippen molar-refractivity contribution < 1.29 is 0 Å². The summed E-state index contributed by atoms with van der Waals surface area (Å²) >= 11 is 0. The fraction of sp³-hybridized carbons (Fsp3) is 0.412. The number of benzene rings is 1. The highest BCUT2D eigenvalue weighted by Gasteiger charge is 2.23. The summed E-state index contributed by atoms with van der Waals surface area (Å²) in [4.78, 5) is 6.73. The van der Waals surface area contributed by atoms with Crippen LogP contribution in [0.4, 0.5) is 5.69 Å². The van der Waals surface area contributed by atoms with Crippen LogP contribution in [0.25, 0.3) is 0 Å². The Hall–Kier alpha value is -1.77. The first-order chi connectivity index (χ1) is 11.2. The summed E-state index contributed by atoms with van der Waals surface area (Å²) < 4.78 is 1.81. The van der Waals surface area contributed by atoms with Crippen LogP contribution >= 0.6 is 24.0 Å². The van der Waals surface area contributed by atoms with Crippen LogP contribution in [-0.2, 0) is 13.6 Å². The molecule has 0 saturated carbocycles. The number of para-hydroxylation sites is 1. The molecular weight excluding hydrogens is 415 g/mol. The third-order valence-corrected chi connectivity index (χ3v) is 4.09. The Morgan fingerprint density at radius 1 is 1.33 bits per heavy atom. The van der Waals surface area contributed by atoms with Crippen molar-refractivity contribution in [1.82, 2.24) is 20.4 Å². The zero-order valence-electron chi connectivity index (χ0n) is 14.1. The number of rotatable bonds is 4. The van der Waals surface area contributed by atoms with Crippen LogP contribution in [0, 0.1) is 0 Å². The lowest BCUT2D eigenvalue weighted by molar-refractivity contribution is 0.648. The summed E-state index contributed by atoms with van der Waals surface area (Å²) in [7, 11) is 3.73. The molecular formula is C17H25IN6. The van der Waals surface area contributed by atoms with Gasteiger partial charge in [0.2, 0.25) is 0 Å². The Morgan fingerprint density at radius 2 is 2.12 bits per heavy atom. The van der Waals surface area contributed by atoms with Gasteiger partial charge in [0, 0.05) is 57.2 Å². The quantitative estimate of drug-likeness (QED) is 0.434. The standard InChI is InChI=1S/C17H24N6.HI/c1-18-17(19-10-14-11-20-22(2)12-14)21-15-8-9-23(13-15)16-6-4-3-5-7-16;/h3-7,11-12,15H,8-10,13H2,1-2H3,(H2,18,19,21);1H. The summed E-state index contributed by atoms with van der Waals surface area (Å²) in [5.74, 6) is 0.841. The van der Waals surface area contributed by atoms with E-state index >= 15 is 0 Å². The van der Waals surface area contributed by atoms with E-state index in [1.165, 1.54) is 5.69 Å². The lowest BCUT2D eigenvalue weighted by Crippen LogP contribution is -2.44. The lowest BCUT2D eigenvalue weighted by Gasteiger charge is -2.20. The minimum atomic E-state index is 0. The predicted molar refractivity (Wildman–Crippen MR) is 109 cm³/mol. The summed E-state index contributed by atoms with van der Waals surface area (Å²) in [6.45, 7) is 2.79. The monoisotopic (exact) mass is 440 g/mol. The molecule has 130 valence electrons. The van der Waals surface area contributed by atoms with Gasteiger partial charge in [-0.3, -0.25) is 9.67 Å². The van der Waals surface area contributed by atoms with E-state index in [9.17, 15) is 0 Å². The molecule has 0 aliphatic carbocycles. The highest BCUT2D eigenvalue weighted by Crippen LogP contribution is 2.19. The van der Waals surface area contributed by atoms with E-state index in [1.807, 2.05) is 31.2 Å². The third kappa shape index (κ3) is 4.86. The second-order valence-corrected chi connectivity index (χ2v) is 5.86. The molecule has 0 spiro atoms. The van der Waals surface area contributed by atoms with Crippen LogP contribution in [0.5, 0.6) is 0 Å². The first kappa shape index (κ1) is 18.6. The van der Waals surface area contributed by atoms with E-state index in [0.29, 0.717) is 6.04 Å². The maximum absolute atomic E-state index is 4.32. The minimum absolute atomic E-state index is 0. The van der Waals surface area contributed by atoms with E-state index in [-0.39, 0.29) is 24.0 Å². The van der Waals surface area contributed by atoms with Crippen molar-refractivity contribution in [2.75, 3.05) is 25.0 Å². The third-order valence-electron chi connectivity index (χ3n) is 4.09. The van der Waals surface area contributed by atoms with Gasteiger partial charge >= 0.3 is 0 Å². The lowest BCUT2D eigenvalue weighted by atomic mass is 10.2. The van der Waals surface area contributed by atoms with Gasteiger partial charge in [-0.25, -0.2) is 0 Å². The molecule has 6 nitrogen and oxygen atoms in total. The average Bonchev–Trinajstić information content (AvgIpc) is 3.21. The number of anilines is 1. The average molecular weight is 440 g/mol. The van der Waals surface area contributed by atoms with Gasteiger partial charge in [0.05, 0.1) is 6.20 Å². The summed E-state index contributed by atoms with van der Waals surface area (Å²) in [6, 6.07) is 11.0. The number of hydrogen-bond donors (Lipinski definition) is 2. The number of guanidine groups is 1. The van der Waals surface area contributed by atoms with E-state index < -0.39 is 0 Å². The first-order valence-corrected chi connectivity index (χ1v) is 7.99. The number of nitrogens with one attached hydrogen (secondary N) is 2. The molecule has 2 aromatic rings. The van der Waals surface area contributed by atoms with Crippen molar-refractivity contribution >= 4 is 35.6 Å². The summed E-state index contributed by atoms with van der Waals surface area (Å²) in [5.41, 5.74) is 2.43. The molecule has 1 unspecified atom stereocenters. The number of hydrogen-bond acceptors (Lipinski definition) is 3. The predicted octanol–water partition coefficient (Wildman–Crippen LogP) is 1.98. The Kier molecular flexibility index (Phi) is 6.89. The van der Waals surface area contributed by atoms with E-state index in [1.54, 1.807) is 0 Å². The molecule has 3 rings (SSSR count). The van der Waals surface area contributed by atoms with Gasteiger partial charge in [-0.2, -0.15) is 5.10 Å². The molecule has 2 heterocycles. The Labute approximate surface area is 160 Å². The molecule has 1 saturated heterocycles. The number of halogens is 1. The maximum atomic E-state index is 4.32. The molecule has 1 aliphatic rings. The highest BCUT2D eigenvalue weighted by molar-refractivity contribution is 14.0. The smallest absolute Gasteiger partial charge is 0.191 e. The molecule has 2 N–H and O–H groups in total.